The Morgan fingerprint density at radius 1 is 0.443 bits per heavy atom. The Hall–Kier alpha value is -4.84. The van der Waals surface area contributed by atoms with Crippen molar-refractivity contribution in [3.8, 4) is 0 Å². The largest absolute Gasteiger partial charge is 0.381 e. The number of anilines is 4. The van der Waals surface area contributed by atoms with Crippen LogP contribution < -0.4 is 21.3 Å². The van der Waals surface area contributed by atoms with Crippen LogP contribution in [0.15, 0.2) is 72.8 Å². The standard InChI is InChI=1S/C40H34N8O5S8/c49-33(41-21-1-5-25-29(13-21)58-37(54)45-25)9-19(10-34(50)42-22-2-6-26-30(14-22)59-38(55)46-26)17-53-18-20(11-35(51)43-23-3-7-27-31(15-23)60-39(56)47-27)12-36(52)44-24-4-8-28-32(16-24)61-40(57)48-28/h1-8,13-16,19-20H,9-12,17-18H2,(H,41,49)(H,42,50)(H,43,51)(H,44,52)(H,45,54)(H,46,55)(H,47,56)(H,48,57). The second-order valence-electron chi connectivity index (χ2n) is 14.2. The Balaban J connectivity index is 0.962. The van der Waals surface area contributed by atoms with Crippen LogP contribution >= 0.6 is 94.2 Å². The average molecular weight is 963 g/mol. The van der Waals surface area contributed by atoms with Gasteiger partial charge in [0.1, 0.15) is 0 Å². The average Bonchev–Trinajstić information content (AvgIpc) is 3.96. The summed E-state index contributed by atoms with van der Waals surface area (Å²) >= 11 is 26.7. The predicted octanol–water partition coefficient (Wildman–Crippen LogP) is 11.4. The van der Waals surface area contributed by atoms with E-state index in [1.54, 1.807) is 24.3 Å². The number of hydrogen-bond donors (Lipinski definition) is 8. The molecule has 4 amide bonds. The SMILES string of the molecule is O=C(CC(COCC(CC(=O)Nc1ccc2[nH]c(=S)sc2c1)CC(=O)Nc1ccc2[nH]c(=S)sc2c1)CC(=O)Nc1ccc2[nH]c(=S)sc2c1)Nc1ccc2[nH]c(=S)sc2c1. The summed E-state index contributed by atoms with van der Waals surface area (Å²) in [6, 6.07) is 21.9. The minimum Gasteiger partial charge on any atom is -0.381 e. The van der Waals surface area contributed by atoms with Gasteiger partial charge >= 0.3 is 0 Å². The number of aromatic nitrogens is 4. The maximum atomic E-state index is 13.5. The van der Waals surface area contributed by atoms with Crippen molar-refractivity contribution < 1.29 is 23.9 Å². The van der Waals surface area contributed by atoms with E-state index in [0.717, 1.165) is 40.9 Å². The van der Waals surface area contributed by atoms with Crippen LogP contribution in [0.3, 0.4) is 0 Å². The number of benzene rings is 4. The van der Waals surface area contributed by atoms with Crippen molar-refractivity contribution in [3.05, 3.63) is 88.6 Å². The highest BCUT2D eigenvalue weighted by Crippen LogP contribution is 2.28. The molecule has 0 unspecified atom stereocenters. The number of nitrogens with one attached hydrogen (secondary N) is 8. The van der Waals surface area contributed by atoms with Gasteiger partial charge in [-0.05, 0) is 134 Å². The quantitative estimate of drug-likeness (QED) is 0.0436. The van der Waals surface area contributed by atoms with Crippen LogP contribution in [0.4, 0.5) is 22.7 Å². The number of H-pyrrole nitrogens is 4. The monoisotopic (exact) mass is 962 g/mol. The van der Waals surface area contributed by atoms with Crippen molar-refractivity contribution in [2.45, 2.75) is 25.7 Å². The molecule has 0 fully saturated rings. The summed E-state index contributed by atoms with van der Waals surface area (Å²) in [4.78, 5) is 66.4. The predicted molar refractivity (Wildman–Crippen MR) is 259 cm³/mol. The van der Waals surface area contributed by atoms with Crippen LogP contribution in [0.2, 0.25) is 0 Å². The highest BCUT2D eigenvalue weighted by molar-refractivity contribution is 7.74. The number of rotatable bonds is 16. The first-order valence-corrected chi connectivity index (χ1v) is 23.6. The van der Waals surface area contributed by atoms with Gasteiger partial charge in [-0.3, -0.25) is 19.2 Å². The maximum Gasteiger partial charge on any atom is 0.224 e. The van der Waals surface area contributed by atoms with Crippen molar-refractivity contribution in [1.82, 2.24) is 19.9 Å². The van der Waals surface area contributed by atoms with Gasteiger partial charge in [-0.1, -0.05) is 0 Å². The molecule has 0 saturated carbocycles. The summed E-state index contributed by atoms with van der Waals surface area (Å²) in [7, 11) is 0. The van der Waals surface area contributed by atoms with E-state index < -0.39 is 11.8 Å². The molecule has 21 heteroatoms. The smallest absolute Gasteiger partial charge is 0.224 e. The van der Waals surface area contributed by atoms with Gasteiger partial charge in [0.15, 0.2) is 15.8 Å². The van der Waals surface area contributed by atoms with Gasteiger partial charge in [0, 0.05) is 48.4 Å². The molecule has 4 aromatic heterocycles. The molecular weight excluding hydrogens is 929 g/mol. The summed E-state index contributed by atoms with van der Waals surface area (Å²) in [6.07, 6.45) is -0.161. The van der Waals surface area contributed by atoms with Gasteiger partial charge in [0.25, 0.3) is 0 Å². The number of fused-ring (bicyclic) bond motifs is 4. The van der Waals surface area contributed by atoms with Gasteiger partial charge in [0.2, 0.25) is 23.6 Å². The number of aromatic amines is 4. The Morgan fingerprint density at radius 3 is 0.934 bits per heavy atom. The highest BCUT2D eigenvalue weighted by Gasteiger charge is 2.23. The number of ether oxygens (including phenoxy) is 1. The molecule has 0 radical (unpaired) electrons. The number of carbonyl (C=O) groups is 4. The van der Waals surface area contributed by atoms with Gasteiger partial charge in [-0.25, -0.2) is 0 Å². The number of amides is 4. The first-order chi connectivity index (χ1) is 29.4. The van der Waals surface area contributed by atoms with Crippen LogP contribution in [0.1, 0.15) is 25.7 Å². The van der Waals surface area contributed by atoms with Gasteiger partial charge in [-0.15, -0.1) is 45.3 Å². The van der Waals surface area contributed by atoms with Crippen molar-refractivity contribution in [2.75, 3.05) is 34.5 Å². The molecule has 0 saturated heterocycles. The van der Waals surface area contributed by atoms with Crippen LogP contribution in [0, 0.1) is 27.7 Å². The van der Waals surface area contributed by atoms with E-state index in [-0.39, 0.29) is 62.5 Å². The molecule has 0 spiro atoms. The lowest BCUT2D eigenvalue weighted by Gasteiger charge is -2.20. The van der Waals surface area contributed by atoms with E-state index in [1.807, 2.05) is 48.5 Å². The highest BCUT2D eigenvalue weighted by atomic mass is 32.2. The van der Waals surface area contributed by atoms with E-state index >= 15 is 0 Å². The van der Waals surface area contributed by atoms with Crippen LogP contribution in [0.5, 0.6) is 0 Å². The van der Waals surface area contributed by atoms with Crippen LogP contribution in [-0.4, -0.2) is 56.8 Å². The lowest BCUT2D eigenvalue weighted by atomic mass is 9.99. The third-order valence-electron chi connectivity index (χ3n) is 9.42. The second-order valence-corrected chi connectivity index (χ2v) is 21.1. The molecule has 312 valence electrons. The lowest BCUT2D eigenvalue weighted by molar-refractivity contribution is -0.120. The Morgan fingerprint density at radius 2 is 0.689 bits per heavy atom. The molecule has 0 atom stereocenters. The molecule has 8 N–H and O–H groups in total. The lowest BCUT2D eigenvalue weighted by Crippen LogP contribution is -2.28. The van der Waals surface area contributed by atoms with Crippen LogP contribution in [-0.2, 0) is 23.9 Å². The summed E-state index contributed by atoms with van der Waals surface area (Å²) < 4.78 is 12.3. The molecule has 0 aliphatic rings. The number of thiazole rings is 4. The molecule has 0 aliphatic carbocycles. The van der Waals surface area contributed by atoms with Crippen molar-refractivity contribution in [1.29, 1.82) is 0 Å². The summed E-state index contributed by atoms with van der Waals surface area (Å²) in [5.74, 6) is -2.37. The zero-order valence-electron chi connectivity index (χ0n) is 31.6. The van der Waals surface area contributed by atoms with Gasteiger partial charge in [-0.2, -0.15) is 0 Å². The first kappa shape index (κ1) is 42.8. The summed E-state index contributed by atoms with van der Waals surface area (Å²) in [6.45, 7) is 0.00188. The van der Waals surface area contributed by atoms with Gasteiger partial charge < -0.3 is 45.9 Å². The minimum absolute atomic E-state index is 0.000942. The molecule has 0 bridgehead atoms. The third-order valence-corrected chi connectivity index (χ3v) is 14.2. The Labute approximate surface area is 383 Å². The van der Waals surface area contributed by atoms with Crippen molar-refractivity contribution in [2.24, 2.45) is 11.8 Å². The second kappa shape index (κ2) is 19.1. The fourth-order valence-electron chi connectivity index (χ4n) is 6.77. The molecule has 61 heavy (non-hydrogen) atoms. The first-order valence-electron chi connectivity index (χ1n) is 18.7. The van der Waals surface area contributed by atoms with Crippen molar-refractivity contribution >= 4 is 181 Å². The van der Waals surface area contributed by atoms with E-state index in [4.69, 9.17) is 53.6 Å². The molecule has 8 aromatic rings. The van der Waals surface area contributed by atoms with Crippen molar-refractivity contribution in [3.63, 3.8) is 0 Å². The van der Waals surface area contributed by atoms with Gasteiger partial charge in [0.05, 0.1) is 54.1 Å². The molecule has 8 rings (SSSR count). The normalized spacial score (nSPS) is 11.6. The summed E-state index contributed by atoms with van der Waals surface area (Å²) in [5, 5.41) is 11.8. The fraction of sp³-hybridized carbons (Fsp3) is 0.200. The minimum atomic E-state index is -0.563. The number of hydrogen-bond acceptors (Lipinski definition) is 13. The van der Waals surface area contributed by atoms with E-state index in [0.29, 0.717) is 38.6 Å². The molecular formula is C40H34N8O5S8. The zero-order valence-corrected chi connectivity index (χ0v) is 38.2. The van der Waals surface area contributed by atoms with E-state index in [1.165, 1.54) is 45.3 Å². The van der Waals surface area contributed by atoms with Crippen LogP contribution in [0.25, 0.3) is 40.9 Å². The zero-order chi connectivity index (χ0) is 42.6. The molecule has 4 heterocycles. The maximum absolute atomic E-state index is 13.5. The van der Waals surface area contributed by atoms with E-state index in [9.17, 15) is 19.2 Å². The Kier molecular flexibility index (Phi) is 13.4. The molecule has 4 aromatic carbocycles. The molecule has 0 aliphatic heterocycles. The molecule has 13 nitrogen and oxygen atoms in total. The topological polar surface area (TPSA) is 189 Å². The Bertz CT molecular complexity index is 2790. The van der Waals surface area contributed by atoms with E-state index in [2.05, 4.69) is 41.2 Å². The number of carbonyl (C=O) groups excluding carboxylic acids is 4. The summed E-state index contributed by atoms with van der Waals surface area (Å²) in [5.41, 5.74) is 5.85. The fourth-order valence-corrected chi connectivity index (χ4v) is 11.4. The third kappa shape index (κ3) is 11.4.